The van der Waals surface area contributed by atoms with Crippen LogP contribution in [0.4, 0.5) is 0 Å². The molecule has 0 radical (unpaired) electrons. The fraction of sp³-hybridized carbons (Fsp3) is 0.200. The molecule has 7 nitrogen and oxygen atoms in total. The number of aryl methyl sites for hydroxylation is 2. The molecule has 142 valence electrons. The molecule has 0 saturated carbocycles. The normalized spacial score (nSPS) is 11.1. The lowest BCUT2D eigenvalue weighted by Gasteiger charge is -2.11. The second-order valence-electron chi connectivity index (χ2n) is 6.51. The number of imidazole rings is 1. The summed E-state index contributed by atoms with van der Waals surface area (Å²) in [5.41, 5.74) is 4.83. The first-order valence-electron chi connectivity index (χ1n) is 8.82. The molecular weight excluding hydrogens is 376 g/mol. The van der Waals surface area contributed by atoms with E-state index in [0.717, 1.165) is 33.9 Å². The molecule has 0 aliphatic rings. The average molecular weight is 395 g/mol. The molecule has 0 atom stereocenters. The van der Waals surface area contributed by atoms with Crippen LogP contribution < -0.4 is 0 Å². The van der Waals surface area contributed by atoms with Crippen LogP contribution in [0.15, 0.2) is 48.5 Å². The molecule has 28 heavy (non-hydrogen) atoms. The number of aromatic nitrogens is 6. The summed E-state index contributed by atoms with van der Waals surface area (Å²) >= 11 is 6.09. The zero-order valence-electron chi connectivity index (χ0n) is 15.5. The number of tetrazole rings is 1. The Morgan fingerprint density at radius 3 is 2.39 bits per heavy atom. The molecule has 0 amide bonds. The van der Waals surface area contributed by atoms with E-state index in [9.17, 15) is 5.11 Å². The Labute approximate surface area is 167 Å². The quantitative estimate of drug-likeness (QED) is 0.562. The summed E-state index contributed by atoms with van der Waals surface area (Å²) in [4.78, 5) is 4.24. The van der Waals surface area contributed by atoms with Crippen LogP contribution in [-0.2, 0) is 20.2 Å². The van der Waals surface area contributed by atoms with E-state index in [1.165, 1.54) is 0 Å². The van der Waals surface area contributed by atoms with E-state index in [2.05, 4.69) is 50.8 Å². The molecular formula is C20H19ClN6O. The molecule has 2 aromatic carbocycles. The van der Waals surface area contributed by atoms with Crippen molar-refractivity contribution in [3.8, 4) is 22.5 Å². The van der Waals surface area contributed by atoms with Crippen molar-refractivity contribution >= 4 is 11.6 Å². The van der Waals surface area contributed by atoms with E-state index >= 15 is 0 Å². The highest BCUT2D eigenvalue weighted by Gasteiger charge is 2.14. The molecule has 0 spiro atoms. The van der Waals surface area contributed by atoms with Gasteiger partial charge in [0.05, 0.1) is 12.3 Å². The zero-order chi connectivity index (χ0) is 19.7. The minimum Gasteiger partial charge on any atom is -0.390 e. The van der Waals surface area contributed by atoms with Crippen molar-refractivity contribution in [2.45, 2.75) is 20.1 Å². The van der Waals surface area contributed by atoms with E-state index < -0.39 is 0 Å². The zero-order valence-corrected chi connectivity index (χ0v) is 16.3. The van der Waals surface area contributed by atoms with Crippen molar-refractivity contribution < 1.29 is 5.11 Å². The topological polar surface area (TPSA) is 81.7 Å². The standard InChI is InChI=1S/C20H19ClN6O/c1-13-22-19(21)18(12-28)27(13)11-14-7-9-15(10-8-14)16-5-3-4-6-17(16)20-23-24-25-26(20)2/h3-10,28H,11-12H2,1-2H3. The first kappa shape index (κ1) is 18.3. The van der Waals surface area contributed by atoms with Gasteiger partial charge in [0.2, 0.25) is 0 Å². The van der Waals surface area contributed by atoms with Gasteiger partial charge in [-0.2, -0.15) is 0 Å². The maximum absolute atomic E-state index is 9.56. The first-order chi connectivity index (χ1) is 13.6. The van der Waals surface area contributed by atoms with Gasteiger partial charge in [0, 0.05) is 19.2 Å². The van der Waals surface area contributed by atoms with Gasteiger partial charge in [-0.3, -0.25) is 0 Å². The number of hydrogen-bond acceptors (Lipinski definition) is 5. The Kier molecular flexibility index (Phi) is 4.93. The van der Waals surface area contributed by atoms with Gasteiger partial charge >= 0.3 is 0 Å². The fourth-order valence-corrected chi connectivity index (χ4v) is 3.58. The lowest BCUT2D eigenvalue weighted by atomic mass is 9.98. The number of halogens is 1. The van der Waals surface area contributed by atoms with Crippen LogP contribution in [0.2, 0.25) is 5.15 Å². The monoisotopic (exact) mass is 394 g/mol. The number of aliphatic hydroxyl groups excluding tert-OH is 1. The molecule has 0 aliphatic carbocycles. The lowest BCUT2D eigenvalue weighted by Crippen LogP contribution is -2.06. The van der Waals surface area contributed by atoms with Crippen LogP contribution in [0.25, 0.3) is 22.5 Å². The van der Waals surface area contributed by atoms with Gasteiger partial charge in [-0.15, -0.1) is 5.10 Å². The van der Waals surface area contributed by atoms with Crippen molar-refractivity contribution in [3.63, 3.8) is 0 Å². The van der Waals surface area contributed by atoms with Crippen LogP contribution in [0.1, 0.15) is 17.1 Å². The van der Waals surface area contributed by atoms with Gasteiger partial charge in [0.25, 0.3) is 0 Å². The molecule has 0 fully saturated rings. The van der Waals surface area contributed by atoms with Gasteiger partial charge in [0.15, 0.2) is 11.0 Å². The molecule has 0 bridgehead atoms. The molecule has 0 saturated heterocycles. The van der Waals surface area contributed by atoms with Gasteiger partial charge in [0.1, 0.15) is 5.82 Å². The third-order valence-corrected chi connectivity index (χ3v) is 5.06. The summed E-state index contributed by atoms with van der Waals surface area (Å²) in [5.74, 6) is 1.49. The summed E-state index contributed by atoms with van der Waals surface area (Å²) in [5, 5.41) is 21.7. The molecule has 0 unspecified atom stereocenters. The van der Waals surface area contributed by atoms with Crippen LogP contribution in [0, 0.1) is 6.92 Å². The van der Waals surface area contributed by atoms with Crippen LogP contribution in [0.3, 0.4) is 0 Å². The van der Waals surface area contributed by atoms with Crippen LogP contribution in [-0.4, -0.2) is 34.9 Å². The average Bonchev–Trinajstić information content (AvgIpc) is 3.25. The smallest absolute Gasteiger partial charge is 0.182 e. The van der Waals surface area contributed by atoms with E-state index in [4.69, 9.17) is 11.6 Å². The number of aliphatic hydroxyl groups is 1. The first-order valence-corrected chi connectivity index (χ1v) is 9.19. The van der Waals surface area contributed by atoms with E-state index in [-0.39, 0.29) is 6.61 Å². The molecule has 2 heterocycles. The molecule has 8 heteroatoms. The third-order valence-electron chi connectivity index (χ3n) is 4.76. The summed E-state index contributed by atoms with van der Waals surface area (Å²) in [6.45, 7) is 2.33. The Morgan fingerprint density at radius 1 is 1.04 bits per heavy atom. The molecule has 4 aromatic rings. The van der Waals surface area contributed by atoms with Crippen LogP contribution >= 0.6 is 11.6 Å². The minimum atomic E-state index is -0.142. The van der Waals surface area contributed by atoms with Crippen molar-refractivity contribution in [3.05, 3.63) is 70.8 Å². The van der Waals surface area contributed by atoms with E-state index in [1.54, 1.807) is 4.68 Å². The predicted octanol–water partition coefficient (Wildman–Crippen LogP) is 3.24. The Bertz CT molecular complexity index is 1120. The van der Waals surface area contributed by atoms with Gasteiger partial charge < -0.3 is 9.67 Å². The summed E-state index contributed by atoms with van der Waals surface area (Å²) in [6, 6.07) is 16.3. The maximum atomic E-state index is 9.56. The Hall–Kier alpha value is -3.03. The predicted molar refractivity (Wildman–Crippen MR) is 107 cm³/mol. The number of benzene rings is 2. The molecule has 2 aromatic heterocycles. The fourth-order valence-electron chi connectivity index (χ4n) is 3.29. The summed E-state index contributed by atoms with van der Waals surface area (Å²) < 4.78 is 3.59. The van der Waals surface area contributed by atoms with Crippen molar-refractivity contribution in [1.82, 2.24) is 29.8 Å². The van der Waals surface area contributed by atoms with E-state index in [1.807, 2.05) is 36.7 Å². The number of nitrogens with zero attached hydrogens (tertiary/aromatic N) is 6. The van der Waals surface area contributed by atoms with Gasteiger partial charge in [-0.25, -0.2) is 9.67 Å². The highest BCUT2D eigenvalue weighted by molar-refractivity contribution is 6.30. The highest BCUT2D eigenvalue weighted by atomic mass is 35.5. The molecule has 4 rings (SSSR count). The minimum absolute atomic E-state index is 0.142. The van der Waals surface area contributed by atoms with Crippen molar-refractivity contribution in [2.24, 2.45) is 7.05 Å². The largest absolute Gasteiger partial charge is 0.390 e. The Morgan fingerprint density at radius 2 is 1.75 bits per heavy atom. The summed E-state index contributed by atoms with van der Waals surface area (Å²) in [6.07, 6.45) is 0. The molecule has 0 aliphatic heterocycles. The number of rotatable bonds is 5. The lowest BCUT2D eigenvalue weighted by molar-refractivity contribution is 0.271. The third kappa shape index (κ3) is 3.30. The van der Waals surface area contributed by atoms with Crippen molar-refractivity contribution in [1.29, 1.82) is 0 Å². The van der Waals surface area contributed by atoms with Gasteiger partial charge in [-0.05, 0) is 34.0 Å². The van der Waals surface area contributed by atoms with Crippen LogP contribution in [0.5, 0.6) is 0 Å². The van der Waals surface area contributed by atoms with E-state index in [0.29, 0.717) is 17.4 Å². The number of hydrogen-bond donors (Lipinski definition) is 1. The van der Waals surface area contributed by atoms with Gasteiger partial charge in [-0.1, -0.05) is 60.1 Å². The maximum Gasteiger partial charge on any atom is 0.182 e. The second-order valence-corrected chi connectivity index (χ2v) is 6.87. The second kappa shape index (κ2) is 7.53. The highest BCUT2D eigenvalue weighted by Crippen LogP contribution is 2.30. The van der Waals surface area contributed by atoms with Crippen molar-refractivity contribution in [2.75, 3.05) is 0 Å². The molecule has 1 N–H and O–H groups in total. The Balaban J connectivity index is 1.66. The summed E-state index contributed by atoms with van der Waals surface area (Å²) in [7, 11) is 1.83. The SMILES string of the molecule is Cc1nc(Cl)c(CO)n1Cc1ccc(-c2ccccc2-c2nnnn2C)cc1.